The normalized spacial score (nSPS) is 12.0. The van der Waals surface area contributed by atoms with Crippen LogP contribution >= 0.6 is 11.3 Å². The Morgan fingerprint density at radius 2 is 1.62 bits per heavy atom. The van der Waals surface area contributed by atoms with Gasteiger partial charge in [-0.25, -0.2) is 4.98 Å². The van der Waals surface area contributed by atoms with E-state index in [9.17, 15) is 5.11 Å². The number of hydrogen-bond acceptors (Lipinski definition) is 4. The Morgan fingerprint density at radius 1 is 0.865 bits per heavy atom. The van der Waals surface area contributed by atoms with E-state index in [1.54, 1.807) is 11.3 Å². The van der Waals surface area contributed by atoms with Gasteiger partial charge < -0.3 is 5.11 Å². The molecule has 3 aromatic carbocycles. The molecule has 0 spiro atoms. The zero-order chi connectivity index (χ0) is 26.5. The van der Waals surface area contributed by atoms with E-state index in [0.717, 1.165) is 54.3 Å². The Bertz CT molecular complexity index is 1630. The SMILES string of the molecule is Cc1cc(C)c(O)c(-c2nc3c(-c4cc(-c5cc([Si](C)(C)C)ccn5)cc(C(C)C)c4)cccc3s2)c1. The third-order valence-electron chi connectivity index (χ3n) is 6.95. The molecule has 5 heteroatoms. The van der Waals surface area contributed by atoms with Crippen LogP contribution in [0.4, 0.5) is 0 Å². The topological polar surface area (TPSA) is 46.0 Å². The van der Waals surface area contributed by atoms with Crippen molar-refractivity contribution < 1.29 is 5.11 Å². The van der Waals surface area contributed by atoms with Gasteiger partial charge in [-0.3, -0.25) is 4.98 Å². The second kappa shape index (κ2) is 9.55. The number of thiazole rings is 1. The molecule has 0 fully saturated rings. The summed E-state index contributed by atoms with van der Waals surface area (Å²) in [4.78, 5) is 9.85. The van der Waals surface area contributed by atoms with Crippen LogP contribution < -0.4 is 5.19 Å². The Morgan fingerprint density at radius 3 is 2.35 bits per heavy atom. The molecule has 0 saturated carbocycles. The lowest BCUT2D eigenvalue weighted by atomic mass is 9.93. The maximum atomic E-state index is 10.8. The van der Waals surface area contributed by atoms with Crippen LogP contribution in [0.15, 0.2) is 66.9 Å². The predicted octanol–water partition coefficient (Wildman–Crippen LogP) is 8.68. The number of hydrogen-bond donors (Lipinski definition) is 1. The van der Waals surface area contributed by atoms with Crippen molar-refractivity contribution in [2.75, 3.05) is 0 Å². The number of phenols is 1. The average Bonchev–Trinajstić information content (AvgIpc) is 3.29. The van der Waals surface area contributed by atoms with E-state index in [2.05, 4.69) is 88.9 Å². The molecule has 0 radical (unpaired) electrons. The monoisotopic (exact) mass is 522 g/mol. The van der Waals surface area contributed by atoms with E-state index >= 15 is 0 Å². The van der Waals surface area contributed by atoms with Crippen molar-refractivity contribution in [2.24, 2.45) is 0 Å². The van der Waals surface area contributed by atoms with Crippen LogP contribution in [0.1, 0.15) is 36.5 Å². The van der Waals surface area contributed by atoms with Crippen LogP contribution in [-0.2, 0) is 0 Å². The van der Waals surface area contributed by atoms with Crippen molar-refractivity contribution in [2.45, 2.75) is 53.3 Å². The Labute approximate surface area is 224 Å². The fraction of sp³-hybridized carbons (Fsp3) is 0.250. The Hall–Kier alpha value is -3.28. The standard InChI is InChI=1S/C32H34N2OSSi/c1-19(2)22-15-23(17-24(16-22)28-18-25(11-12-33-28)37(5,6)7)26-9-8-10-29-30(26)34-32(36-29)27-14-20(3)13-21(4)31(27)35/h8-19,35H,1-7H3. The molecule has 0 aliphatic rings. The average molecular weight is 523 g/mol. The number of fused-ring (bicyclic) bond motifs is 1. The number of pyridine rings is 1. The molecule has 0 saturated heterocycles. The molecule has 0 aliphatic carbocycles. The molecule has 2 heterocycles. The molecule has 0 unspecified atom stereocenters. The van der Waals surface area contributed by atoms with Crippen molar-refractivity contribution in [3.05, 3.63) is 83.6 Å². The molecule has 0 atom stereocenters. The molecular weight excluding hydrogens is 489 g/mol. The summed E-state index contributed by atoms with van der Waals surface area (Å²) in [6, 6.07) is 21.7. The maximum absolute atomic E-state index is 10.8. The maximum Gasteiger partial charge on any atom is 0.128 e. The molecule has 188 valence electrons. The molecule has 0 bridgehead atoms. The molecule has 2 aromatic heterocycles. The highest BCUT2D eigenvalue weighted by Gasteiger charge is 2.19. The summed E-state index contributed by atoms with van der Waals surface area (Å²) in [6.45, 7) is 15.6. The van der Waals surface area contributed by atoms with Gasteiger partial charge in [0.05, 0.1) is 29.5 Å². The third kappa shape index (κ3) is 4.98. The molecule has 5 aromatic rings. The van der Waals surface area contributed by atoms with E-state index in [-0.39, 0.29) is 0 Å². The van der Waals surface area contributed by atoms with Crippen LogP contribution in [0.3, 0.4) is 0 Å². The first kappa shape index (κ1) is 25.4. The summed E-state index contributed by atoms with van der Waals surface area (Å²) < 4.78 is 1.11. The van der Waals surface area contributed by atoms with E-state index in [1.165, 1.54) is 10.8 Å². The third-order valence-corrected chi connectivity index (χ3v) is 10.0. The number of aromatic nitrogens is 2. The van der Waals surface area contributed by atoms with Gasteiger partial charge in [-0.15, -0.1) is 11.3 Å². The summed E-state index contributed by atoms with van der Waals surface area (Å²) in [6.07, 6.45) is 1.95. The van der Waals surface area contributed by atoms with Gasteiger partial charge in [-0.1, -0.05) is 62.9 Å². The van der Waals surface area contributed by atoms with E-state index in [1.807, 2.05) is 25.3 Å². The Kier molecular flexibility index (Phi) is 6.55. The second-order valence-electron chi connectivity index (χ2n) is 11.3. The van der Waals surface area contributed by atoms with Gasteiger partial charge in [0.15, 0.2) is 0 Å². The van der Waals surface area contributed by atoms with E-state index < -0.39 is 8.07 Å². The summed E-state index contributed by atoms with van der Waals surface area (Å²) in [5.74, 6) is 0.694. The van der Waals surface area contributed by atoms with Crippen molar-refractivity contribution >= 4 is 34.8 Å². The lowest BCUT2D eigenvalue weighted by molar-refractivity contribution is 0.473. The Balaban J connectivity index is 1.69. The fourth-order valence-corrected chi connectivity index (χ4v) is 6.92. The number of phenolic OH excluding ortho intramolecular Hbond substituents is 1. The number of benzene rings is 3. The molecule has 3 nitrogen and oxygen atoms in total. The van der Waals surface area contributed by atoms with Crippen molar-refractivity contribution in [3.8, 4) is 38.7 Å². The van der Waals surface area contributed by atoms with Gasteiger partial charge >= 0.3 is 0 Å². The largest absolute Gasteiger partial charge is 0.507 e. The highest BCUT2D eigenvalue weighted by Crippen LogP contribution is 2.41. The first-order valence-electron chi connectivity index (χ1n) is 12.8. The van der Waals surface area contributed by atoms with Gasteiger partial charge in [0.2, 0.25) is 0 Å². The quantitative estimate of drug-likeness (QED) is 0.235. The lowest BCUT2D eigenvalue weighted by Gasteiger charge is -2.18. The molecule has 37 heavy (non-hydrogen) atoms. The van der Waals surface area contributed by atoms with Gasteiger partial charge in [-0.05, 0) is 78.4 Å². The van der Waals surface area contributed by atoms with Crippen LogP contribution in [-0.4, -0.2) is 23.1 Å². The first-order valence-corrected chi connectivity index (χ1v) is 17.2. The van der Waals surface area contributed by atoms with Gasteiger partial charge in [0.1, 0.15) is 10.8 Å². The highest BCUT2D eigenvalue weighted by molar-refractivity contribution is 7.21. The predicted molar refractivity (Wildman–Crippen MR) is 162 cm³/mol. The number of para-hydroxylation sites is 1. The van der Waals surface area contributed by atoms with Crippen molar-refractivity contribution in [3.63, 3.8) is 0 Å². The summed E-state index contributed by atoms with van der Waals surface area (Å²) in [5, 5.41) is 13.0. The molecule has 0 aliphatic heterocycles. The molecular formula is C32H34N2OSSi. The van der Waals surface area contributed by atoms with Gasteiger partial charge in [0.25, 0.3) is 0 Å². The van der Waals surface area contributed by atoms with Crippen molar-refractivity contribution in [1.82, 2.24) is 9.97 Å². The smallest absolute Gasteiger partial charge is 0.128 e. The second-order valence-corrected chi connectivity index (χ2v) is 17.4. The van der Waals surface area contributed by atoms with Crippen molar-refractivity contribution in [1.29, 1.82) is 0 Å². The van der Waals surface area contributed by atoms with Crippen LogP contribution in [0.25, 0.3) is 43.2 Å². The number of rotatable bonds is 5. The van der Waals surface area contributed by atoms with E-state index in [4.69, 9.17) is 9.97 Å². The summed E-state index contributed by atoms with van der Waals surface area (Å²) in [5.41, 5.74) is 9.46. The van der Waals surface area contributed by atoms with Gasteiger partial charge in [-0.2, -0.15) is 0 Å². The minimum Gasteiger partial charge on any atom is -0.507 e. The summed E-state index contributed by atoms with van der Waals surface area (Å²) >= 11 is 1.63. The molecule has 1 N–H and O–H groups in total. The zero-order valence-electron chi connectivity index (χ0n) is 22.7. The fourth-order valence-electron chi connectivity index (χ4n) is 4.76. The van der Waals surface area contributed by atoms with Gasteiger partial charge in [0, 0.05) is 17.3 Å². The first-order chi connectivity index (χ1) is 17.5. The highest BCUT2D eigenvalue weighted by atomic mass is 32.1. The van der Waals surface area contributed by atoms with E-state index in [0.29, 0.717) is 11.7 Å². The number of aryl methyl sites for hydroxylation is 2. The minimum atomic E-state index is -1.46. The van der Waals surface area contributed by atoms with Crippen LogP contribution in [0, 0.1) is 13.8 Å². The van der Waals surface area contributed by atoms with Crippen LogP contribution in [0.5, 0.6) is 5.75 Å². The van der Waals surface area contributed by atoms with Crippen LogP contribution in [0.2, 0.25) is 19.6 Å². The summed E-state index contributed by atoms with van der Waals surface area (Å²) in [7, 11) is -1.46. The minimum absolute atomic E-state index is 0.309. The zero-order valence-corrected chi connectivity index (χ0v) is 24.5. The molecule has 5 rings (SSSR count). The molecule has 0 amide bonds. The number of nitrogens with zero attached hydrogens (tertiary/aromatic N) is 2. The number of aromatic hydroxyl groups is 1. The lowest BCUT2D eigenvalue weighted by Crippen LogP contribution is -2.37.